The average molecular weight is 364 g/mol. The molecule has 0 spiro atoms. The highest BCUT2D eigenvalue weighted by Gasteiger charge is 2.10. The molecule has 0 radical (unpaired) electrons. The van der Waals surface area contributed by atoms with Crippen molar-refractivity contribution in [1.82, 2.24) is 15.5 Å². The van der Waals surface area contributed by atoms with Crippen LogP contribution in [0, 0.1) is 0 Å². The van der Waals surface area contributed by atoms with E-state index in [4.69, 9.17) is 20.9 Å². The summed E-state index contributed by atoms with van der Waals surface area (Å²) >= 11 is 7.33. The lowest BCUT2D eigenvalue weighted by atomic mass is 10.3. The van der Waals surface area contributed by atoms with Crippen LogP contribution in [0.3, 0.4) is 0 Å². The summed E-state index contributed by atoms with van der Waals surface area (Å²) in [6, 6.07) is 10.7. The zero-order valence-corrected chi connectivity index (χ0v) is 14.1. The third-order valence-corrected chi connectivity index (χ3v) is 4.17. The molecule has 0 fully saturated rings. The van der Waals surface area contributed by atoms with E-state index < -0.39 is 0 Å². The fraction of sp³-hybridized carbons (Fsp3) is 0.188. The van der Waals surface area contributed by atoms with Gasteiger partial charge in [-0.2, -0.15) is 4.98 Å². The van der Waals surface area contributed by atoms with Crippen molar-refractivity contribution in [2.45, 2.75) is 6.42 Å². The number of nitrogens with one attached hydrogen (secondary N) is 1. The minimum absolute atomic E-state index is 0.0636. The average Bonchev–Trinajstić information content (AvgIpc) is 3.25. The summed E-state index contributed by atoms with van der Waals surface area (Å²) in [7, 11) is 0. The number of aromatic nitrogens is 2. The maximum Gasteiger partial charge on any atom is 0.257 e. The van der Waals surface area contributed by atoms with Crippen LogP contribution >= 0.6 is 22.9 Å². The molecular weight excluding hydrogens is 350 g/mol. The first-order valence-electron chi connectivity index (χ1n) is 7.22. The number of carbonyl (C=O) groups excluding carboxylic acids is 1. The maximum atomic E-state index is 11.7. The summed E-state index contributed by atoms with van der Waals surface area (Å²) in [5.74, 6) is 1.42. The van der Waals surface area contributed by atoms with Gasteiger partial charge in [-0.1, -0.05) is 22.8 Å². The van der Waals surface area contributed by atoms with Crippen molar-refractivity contribution in [3.8, 4) is 16.5 Å². The van der Waals surface area contributed by atoms with Gasteiger partial charge in [0.25, 0.3) is 5.91 Å². The number of amides is 1. The lowest BCUT2D eigenvalue weighted by Crippen LogP contribution is -2.30. The Morgan fingerprint density at radius 2 is 2.12 bits per heavy atom. The van der Waals surface area contributed by atoms with Crippen molar-refractivity contribution in [3.63, 3.8) is 0 Å². The zero-order valence-electron chi connectivity index (χ0n) is 12.6. The molecule has 8 heteroatoms. The van der Waals surface area contributed by atoms with Crippen LogP contribution in [0.2, 0.25) is 5.02 Å². The minimum atomic E-state index is -0.219. The molecule has 6 nitrogen and oxygen atoms in total. The van der Waals surface area contributed by atoms with E-state index in [9.17, 15) is 4.79 Å². The molecule has 0 aliphatic rings. The molecule has 1 amide bonds. The number of carbonyl (C=O) groups is 1. The lowest BCUT2D eigenvalue weighted by Gasteiger charge is -2.06. The molecule has 0 bridgehead atoms. The second-order valence-corrected chi connectivity index (χ2v) is 6.22. The highest BCUT2D eigenvalue weighted by Crippen LogP contribution is 2.21. The van der Waals surface area contributed by atoms with Gasteiger partial charge in [-0.05, 0) is 35.7 Å². The molecule has 0 saturated carbocycles. The van der Waals surface area contributed by atoms with Gasteiger partial charge in [-0.15, -0.1) is 11.3 Å². The van der Waals surface area contributed by atoms with Crippen LogP contribution in [0.4, 0.5) is 0 Å². The van der Waals surface area contributed by atoms with E-state index in [1.165, 1.54) is 0 Å². The third-order valence-electron chi connectivity index (χ3n) is 3.05. The summed E-state index contributed by atoms with van der Waals surface area (Å²) in [5.41, 5.74) is 0. The predicted molar refractivity (Wildman–Crippen MR) is 91.3 cm³/mol. The molecule has 3 rings (SSSR count). The molecule has 124 valence electrons. The molecule has 1 aromatic carbocycles. The minimum Gasteiger partial charge on any atom is -0.484 e. The first-order chi connectivity index (χ1) is 11.7. The number of halogens is 1. The Morgan fingerprint density at radius 1 is 1.29 bits per heavy atom. The van der Waals surface area contributed by atoms with Gasteiger partial charge in [-0.3, -0.25) is 4.79 Å². The largest absolute Gasteiger partial charge is 0.484 e. The summed E-state index contributed by atoms with van der Waals surface area (Å²) in [4.78, 5) is 17.0. The van der Waals surface area contributed by atoms with Crippen molar-refractivity contribution < 1.29 is 14.1 Å². The van der Waals surface area contributed by atoms with E-state index in [1.807, 2.05) is 17.5 Å². The topological polar surface area (TPSA) is 77.2 Å². The van der Waals surface area contributed by atoms with E-state index in [0.29, 0.717) is 35.5 Å². The molecule has 2 aromatic heterocycles. The Balaban J connectivity index is 1.40. The molecule has 2 heterocycles. The number of thiophene rings is 1. The van der Waals surface area contributed by atoms with E-state index in [2.05, 4.69) is 15.5 Å². The molecule has 24 heavy (non-hydrogen) atoms. The maximum absolute atomic E-state index is 11.7. The molecule has 3 aromatic rings. The quantitative estimate of drug-likeness (QED) is 0.697. The summed E-state index contributed by atoms with van der Waals surface area (Å²) < 4.78 is 10.5. The zero-order chi connectivity index (χ0) is 16.8. The highest BCUT2D eigenvalue weighted by molar-refractivity contribution is 7.13. The first-order valence-corrected chi connectivity index (χ1v) is 8.48. The van der Waals surface area contributed by atoms with Gasteiger partial charge < -0.3 is 14.6 Å². The van der Waals surface area contributed by atoms with E-state index in [0.717, 1.165) is 4.88 Å². The fourth-order valence-corrected chi connectivity index (χ4v) is 2.68. The highest BCUT2D eigenvalue weighted by atomic mass is 35.5. The number of hydrogen-bond donors (Lipinski definition) is 1. The fourth-order valence-electron chi connectivity index (χ4n) is 1.90. The van der Waals surface area contributed by atoms with Gasteiger partial charge >= 0.3 is 0 Å². The van der Waals surface area contributed by atoms with E-state index >= 15 is 0 Å². The number of benzene rings is 1. The monoisotopic (exact) mass is 363 g/mol. The Morgan fingerprint density at radius 3 is 2.88 bits per heavy atom. The summed E-state index contributed by atoms with van der Waals surface area (Å²) in [6.45, 7) is 0.334. The number of hydrogen-bond acceptors (Lipinski definition) is 6. The summed E-state index contributed by atoms with van der Waals surface area (Å²) in [6.07, 6.45) is 0.463. The number of ether oxygens (including phenoxy) is 1. The Kier molecular flexibility index (Phi) is 5.45. The predicted octanol–water partition coefficient (Wildman–Crippen LogP) is 3.19. The van der Waals surface area contributed by atoms with Crippen molar-refractivity contribution in [2.75, 3.05) is 13.2 Å². The third kappa shape index (κ3) is 4.56. The molecule has 0 unspecified atom stereocenters. The molecule has 0 saturated heterocycles. The van der Waals surface area contributed by atoms with Gasteiger partial charge in [0.05, 0.1) is 4.88 Å². The van der Waals surface area contributed by atoms with Gasteiger partial charge in [0.15, 0.2) is 6.61 Å². The second kappa shape index (κ2) is 7.94. The lowest BCUT2D eigenvalue weighted by molar-refractivity contribution is -0.123. The van der Waals surface area contributed by atoms with Gasteiger partial charge in [0, 0.05) is 18.0 Å². The smallest absolute Gasteiger partial charge is 0.257 e. The van der Waals surface area contributed by atoms with Crippen LogP contribution in [0.25, 0.3) is 10.7 Å². The van der Waals surface area contributed by atoms with Crippen LogP contribution in [0.15, 0.2) is 46.3 Å². The van der Waals surface area contributed by atoms with Crippen LogP contribution in [0.5, 0.6) is 5.75 Å². The number of rotatable bonds is 7. The van der Waals surface area contributed by atoms with Crippen molar-refractivity contribution in [1.29, 1.82) is 0 Å². The molecule has 1 N–H and O–H groups in total. The van der Waals surface area contributed by atoms with Gasteiger partial charge in [0.2, 0.25) is 11.7 Å². The van der Waals surface area contributed by atoms with Gasteiger partial charge in [-0.25, -0.2) is 0 Å². The van der Waals surface area contributed by atoms with E-state index in [1.54, 1.807) is 35.6 Å². The van der Waals surface area contributed by atoms with Crippen LogP contribution < -0.4 is 10.1 Å². The van der Waals surface area contributed by atoms with Crippen LogP contribution in [-0.2, 0) is 11.2 Å². The molecule has 0 aliphatic carbocycles. The Hall–Kier alpha value is -2.38. The number of nitrogens with zero attached hydrogens (tertiary/aromatic N) is 2. The second-order valence-electron chi connectivity index (χ2n) is 4.83. The molecule has 0 aliphatic heterocycles. The molecule has 0 atom stereocenters. The Labute approximate surface area is 147 Å². The SMILES string of the molecule is O=C(COc1ccc(Cl)cc1)NCCc1nc(-c2cccs2)no1. The molecular formula is C16H14ClN3O3S. The standard InChI is InChI=1S/C16H14ClN3O3S/c17-11-3-5-12(6-4-11)22-10-14(21)18-8-7-15-19-16(20-23-15)13-2-1-9-24-13/h1-6,9H,7-8,10H2,(H,18,21). The van der Waals surface area contributed by atoms with Crippen molar-refractivity contribution in [3.05, 3.63) is 52.7 Å². The first kappa shape index (κ1) is 16.5. The van der Waals surface area contributed by atoms with Crippen LogP contribution in [0.1, 0.15) is 5.89 Å². The van der Waals surface area contributed by atoms with Gasteiger partial charge in [0.1, 0.15) is 5.75 Å². The Bertz CT molecular complexity index is 787. The van der Waals surface area contributed by atoms with Crippen molar-refractivity contribution >= 4 is 28.8 Å². The normalized spacial score (nSPS) is 10.5. The van der Waals surface area contributed by atoms with Crippen molar-refractivity contribution in [2.24, 2.45) is 0 Å². The van der Waals surface area contributed by atoms with E-state index in [-0.39, 0.29) is 12.5 Å². The summed E-state index contributed by atoms with van der Waals surface area (Å²) in [5, 5.41) is 9.23. The van der Waals surface area contributed by atoms with Crippen LogP contribution in [-0.4, -0.2) is 29.2 Å².